The molecule has 3 aromatic carbocycles. The molecule has 6 rings (SSSR count). The van der Waals surface area contributed by atoms with Crippen molar-refractivity contribution in [1.82, 2.24) is 14.6 Å². The van der Waals surface area contributed by atoms with Gasteiger partial charge in [0.1, 0.15) is 10.3 Å². The van der Waals surface area contributed by atoms with Crippen LogP contribution in [0.25, 0.3) is 21.9 Å². The van der Waals surface area contributed by atoms with Crippen LogP contribution >= 0.6 is 22.9 Å². The van der Waals surface area contributed by atoms with E-state index in [1.807, 2.05) is 36.4 Å². The van der Waals surface area contributed by atoms with E-state index >= 15 is 0 Å². The molecule has 2 aromatic heterocycles. The first-order valence-corrected chi connectivity index (χ1v) is 12.5. The van der Waals surface area contributed by atoms with Crippen LogP contribution in [0.5, 0.6) is 5.75 Å². The average molecular weight is 529 g/mol. The molecule has 0 N–H and O–H groups in total. The van der Waals surface area contributed by atoms with Crippen LogP contribution in [0.1, 0.15) is 18.1 Å². The van der Waals surface area contributed by atoms with Crippen LogP contribution in [0.15, 0.2) is 77.6 Å². The number of fused-ring (bicyclic) bond motifs is 2. The normalized spacial score (nSPS) is 14.3. The summed E-state index contributed by atoms with van der Waals surface area (Å²) >= 11 is 7.11. The number of anilines is 1. The number of carbonyl (C=O) groups is 2. The van der Waals surface area contributed by atoms with Crippen molar-refractivity contribution in [3.8, 4) is 17.1 Å². The maximum absolute atomic E-state index is 13.7. The number of benzene rings is 3. The Morgan fingerprint density at radius 1 is 0.973 bits per heavy atom. The van der Waals surface area contributed by atoms with E-state index < -0.39 is 11.5 Å². The zero-order chi connectivity index (χ0) is 25.7. The van der Waals surface area contributed by atoms with E-state index in [4.69, 9.17) is 16.3 Å². The fourth-order valence-corrected chi connectivity index (χ4v) is 5.45. The van der Waals surface area contributed by atoms with Crippen LogP contribution < -0.4 is 19.7 Å². The minimum absolute atomic E-state index is 0.249. The van der Waals surface area contributed by atoms with Gasteiger partial charge in [0.05, 0.1) is 23.4 Å². The molecule has 0 radical (unpaired) electrons. The van der Waals surface area contributed by atoms with Crippen LogP contribution in [-0.2, 0) is 16.1 Å². The number of amides is 1. The number of para-hydroxylation sites is 2. The number of thiazole rings is 1. The molecule has 0 atom stereocenters. The molecule has 0 saturated carbocycles. The highest BCUT2D eigenvalue weighted by Crippen LogP contribution is 2.36. The van der Waals surface area contributed by atoms with E-state index in [1.54, 1.807) is 41.3 Å². The van der Waals surface area contributed by atoms with Crippen molar-refractivity contribution in [1.29, 1.82) is 0 Å². The fraction of sp³-hybridized carbons (Fsp3) is 0.0741. The Balaban J connectivity index is 1.47. The van der Waals surface area contributed by atoms with Gasteiger partial charge in [-0.2, -0.15) is 9.50 Å². The monoisotopic (exact) mass is 528 g/mol. The van der Waals surface area contributed by atoms with E-state index in [2.05, 4.69) is 10.1 Å². The highest BCUT2D eigenvalue weighted by atomic mass is 35.5. The first-order chi connectivity index (χ1) is 17.9. The second-order valence-electron chi connectivity index (χ2n) is 8.37. The lowest BCUT2D eigenvalue weighted by atomic mass is 10.1. The van der Waals surface area contributed by atoms with Crippen molar-refractivity contribution < 1.29 is 14.3 Å². The second-order valence-corrected chi connectivity index (χ2v) is 9.78. The molecule has 0 unspecified atom stereocenters. The van der Waals surface area contributed by atoms with Crippen molar-refractivity contribution >= 4 is 51.0 Å². The maximum Gasteiger partial charge on any atom is 0.308 e. The van der Waals surface area contributed by atoms with Gasteiger partial charge in [-0.05, 0) is 35.9 Å². The third-order valence-corrected chi connectivity index (χ3v) is 7.22. The molecule has 5 aromatic rings. The van der Waals surface area contributed by atoms with E-state index in [0.717, 1.165) is 22.6 Å². The van der Waals surface area contributed by atoms with Gasteiger partial charge in [-0.15, -0.1) is 5.10 Å². The minimum atomic E-state index is -0.474. The number of aromatic nitrogens is 3. The van der Waals surface area contributed by atoms with E-state index in [9.17, 15) is 14.4 Å². The number of nitrogens with zero attached hydrogens (tertiary/aromatic N) is 4. The predicted octanol–water partition coefficient (Wildman–Crippen LogP) is 3.86. The number of ether oxygens (including phenoxy) is 1. The van der Waals surface area contributed by atoms with Crippen molar-refractivity contribution in [3.63, 3.8) is 0 Å². The molecule has 0 aliphatic carbocycles. The lowest BCUT2D eigenvalue weighted by molar-refractivity contribution is -0.131. The molecule has 0 bridgehead atoms. The molecule has 8 nitrogen and oxygen atoms in total. The second kappa shape index (κ2) is 8.95. The molecule has 1 aliphatic heterocycles. The topological polar surface area (TPSA) is 93.9 Å². The standard InChI is InChI=1S/C27H17ClN4O4S/c1-15(33)36-21-9-5-3-7-19(21)24-29-27-32(30-24)26(35)23(37-27)22-18-6-2-4-8-20(18)31(25(22)34)14-16-10-12-17(28)13-11-16/h2-13H,14H2,1H3. The van der Waals surface area contributed by atoms with Gasteiger partial charge >= 0.3 is 5.97 Å². The van der Waals surface area contributed by atoms with Crippen molar-refractivity contribution in [2.45, 2.75) is 13.5 Å². The number of esters is 1. The Morgan fingerprint density at radius 2 is 1.68 bits per heavy atom. The summed E-state index contributed by atoms with van der Waals surface area (Å²) in [5.41, 5.74) is 2.70. The number of hydrogen-bond acceptors (Lipinski definition) is 7. The third-order valence-electron chi connectivity index (χ3n) is 5.94. The van der Waals surface area contributed by atoms with E-state index in [0.29, 0.717) is 39.0 Å². The Hall–Kier alpha value is -4.34. The first kappa shape index (κ1) is 23.1. The summed E-state index contributed by atoms with van der Waals surface area (Å²) in [5.74, 6) is -0.191. The van der Waals surface area contributed by atoms with Gasteiger partial charge < -0.3 is 9.64 Å². The molecular weight excluding hydrogens is 512 g/mol. The van der Waals surface area contributed by atoms with E-state index in [1.165, 1.54) is 11.4 Å². The Morgan fingerprint density at radius 3 is 2.41 bits per heavy atom. The summed E-state index contributed by atoms with van der Waals surface area (Å²) in [6, 6.07) is 21.5. The molecule has 182 valence electrons. The Kier molecular flexibility index (Phi) is 5.58. The lowest BCUT2D eigenvalue weighted by Gasteiger charge is -2.17. The lowest BCUT2D eigenvalue weighted by Crippen LogP contribution is -2.32. The molecule has 10 heteroatoms. The fourth-order valence-electron chi connectivity index (χ4n) is 4.32. The van der Waals surface area contributed by atoms with E-state index in [-0.39, 0.29) is 16.3 Å². The minimum Gasteiger partial charge on any atom is -0.426 e. The van der Waals surface area contributed by atoms with Gasteiger partial charge in [0.2, 0.25) is 4.96 Å². The number of carbonyl (C=O) groups excluding carboxylic acids is 2. The highest BCUT2D eigenvalue weighted by Gasteiger charge is 2.34. The summed E-state index contributed by atoms with van der Waals surface area (Å²) in [5, 5.41) is 5.00. The Labute approximate surface area is 219 Å². The molecule has 1 amide bonds. The largest absolute Gasteiger partial charge is 0.426 e. The van der Waals surface area contributed by atoms with Crippen LogP contribution in [0.2, 0.25) is 5.02 Å². The molecule has 1 aliphatic rings. The number of halogens is 1. The zero-order valence-corrected chi connectivity index (χ0v) is 20.9. The molecule has 0 spiro atoms. The Bertz CT molecular complexity index is 1830. The smallest absolute Gasteiger partial charge is 0.308 e. The van der Waals surface area contributed by atoms with Crippen LogP contribution in [0.3, 0.4) is 0 Å². The summed E-state index contributed by atoms with van der Waals surface area (Å²) in [7, 11) is 0. The average Bonchev–Trinajstić information content (AvgIpc) is 3.51. The summed E-state index contributed by atoms with van der Waals surface area (Å²) in [6.07, 6.45) is 0. The quantitative estimate of drug-likeness (QED) is 0.260. The number of hydrogen-bond donors (Lipinski definition) is 0. The number of rotatable bonds is 4. The summed E-state index contributed by atoms with van der Waals surface area (Å²) < 4.78 is 6.72. The van der Waals surface area contributed by atoms with Gasteiger partial charge in [0.25, 0.3) is 11.5 Å². The van der Waals surface area contributed by atoms with Gasteiger partial charge in [-0.25, -0.2) is 0 Å². The zero-order valence-electron chi connectivity index (χ0n) is 19.3. The molecule has 0 fully saturated rings. The van der Waals surface area contributed by atoms with Crippen LogP contribution in [0.4, 0.5) is 5.69 Å². The third kappa shape index (κ3) is 3.98. The first-order valence-electron chi connectivity index (χ1n) is 11.3. The maximum atomic E-state index is 13.7. The van der Waals surface area contributed by atoms with Crippen molar-refractivity contribution in [2.24, 2.45) is 0 Å². The van der Waals surface area contributed by atoms with Crippen LogP contribution in [0, 0.1) is 0 Å². The van der Waals surface area contributed by atoms with Gasteiger partial charge in [-0.1, -0.05) is 65.4 Å². The highest BCUT2D eigenvalue weighted by molar-refractivity contribution is 7.15. The van der Waals surface area contributed by atoms with Gasteiger partial charge in [0.15, 0.2) is 5.82 Å². The van der Waals surface area contributed by atoms with Crippen molar-refractivity contribution in [2.75, 3.05) is 4.90 Å². The molecule has 37 heavy (non-hydrogen) atoms. The molecular formula is C27H17ClN4O4S. The SMILES string of the molecule is CC(=O)Oc1ccccc1-c1nc2sc(=C3C(=O)N(Cc4ccc(Cl)cc4)c4ccccc43)c(=O)n2n1. The van der Waals surface area contributed by atoms with Crippen LogP contribution in [-0.4, -0.2) is 26.5 Å². The summed E-state index contributed by atoms with van der Waals surface area (Å²) in [4.78, 5) is 45.1. The molecule has 3 heterocycles. The van der Waals surface area contributed by atoms with Gasteiger partial charge in [0, 0.05) is 17.5 Å². The predicted molar refractivity (Wildman–Crippen MR) is 141 cm³/mol. The van der Waals surface area contributed by atoms with Gasteiger partial charge in [-0.3, -0.25) is 14.4 Å². The summed E-state index contributed by atoms with van der Waals surface area (Å²) in [6.45, 7) is 1.64. The van der Waals surface area contributed by atoms with Crippen molar-refractivity contribution in [3.05, 3.63) is 104 Å². The molecule has 0 saturated heterocycles.